The Morgan fingerprint density at radius 1 is 1.20 bits per heavy atom. The summed E-state index contributed by atoms with van der Waals surface area (Å²) in [5.41, 5.74) is 2.49. The summed E-state index contributed by atoms with van der Waals surface area (Å²) in [7, 11) is 3.40. The summed E-state index contributed by atoms with van der Waals surface area (Å²) in [6, 6.07) is 3.55. The molecular weight excluding hydrogens is 318 g/mol. The molecule has 3 amide bonds. The maximum atomic E-state index is 12.9. The molecule has 0 radical (unpaired) electrons. The number of phenolic OH excluding ortho intramolecular Hbond substituents is 1. The second kappa shape index (κ2) is 7.33. The molecule has 1 atom stereocenters. The van der Waals surface area contributed by atoms with Crippen LogP contribution < -0.4 is 5.32 Å². The van der Waals surface area contributed by atoms with E-state index in [1.54, 1.807) is 25.1 Å². The Morgan fingerprint density at radius 3 is 2.72 bits per heavy atom. The standard InChI is InChI=1S/C19H27N3O3/c1-21(2)19(25)20-14-7-5-11-22(12-14)18(24)16-10-9-13-6-3-4-8-15(13)17(16)23/h9-10,14,23H,3-8,11-12H2,1-2H3,(H,20,25). The molecule has 136 valence electrons. The van der Waals surface area contributed by atoms with E-state index in [0.717, 1.165) is 49.7 Å². The van der Waals surface area contributed by atoms with Gasteiger partial charge in [0, 0.05) is 33.2 Å². The van der Waals surface area contributed by atoms with Crippen molar-refractivity contribution in [1.82, 2.24) is 15.1 Å². The van der Waals surface area contributed by atoms with Crippen LogP contribution in [0.3, 0.4) is 0 Å². The smallest absolute Gasteiger partial charge is 0.317 e. The van der Waals surface area contributed by atoms with Gasteiger partial charge in [-0.05, 0) is 55.7 Å². The van der Waals surface area contributed by atoms with Gasteiger partial charge in [-0.25, -0.2) is 4.79 Å². The number of rotatable bonds is 2. The first-order valence-electron chi connectivity index (χ1n) is 9.08. The van der Waals surface area contributed by atoms with Gasteiger partial charge in [-0.15, -0.1) is 0 Å². The fraction of sp³-hybridized carbons (Fsp3) is 0.579. The number of phenols is 1. The molecule has 1 aliphatic heterocycles. The number of benzene rings is 1. The van der Waals surface area contributed by atoms with Gasteiger partial charge in [0.2, 0.25) is 0 Å². The fourth-order valence-corrected chi connectivity index (χ4v) is 3.73. The molecule has 1 aromatic rings. The van der Waals surface area contributed by atoms with Crippen molar-refractivity contribution in [3.05, 3.63) is 28.8 Å². The zero-order valence-corrected chi connectivity index (χ0v) is 15.0. The predicted molar refractivity (Wildman–Crippen MR) is 95.9 cm³/mol. The van der Waals surface area contributed by atoms with Gasteiger partial charge in [0.1, 0.15) is 5.75 Å². The topological polar surface area (TPSA) is 72.9 Å². The summed E-state index contributed by atoms with van der Waals surface area (Å²) in [4.78, 5) is 28.0. The SMILES string of the molecule is CN(C)C(=O)NC1CCCN(C(=O)c2ccc3c(c2O)CCCC3)C1. The van der Waals surface area contributed by atoms with Gasteiger partial charge in [0.05, 0.1) is 5.56 Å². The van der Waals surface area contributed by atoms with Gasteiger partial charge in [0.25, 0.3) is 5.91 Å². The number of carbonyl (C=O) groups excluding carboxylic acids is 2. The minimum atomic E-state index is -0.144. The Hall–Kier alpha value is -2.24. The first-order chi connectivity index (χ1) is 12.0. The van der Waals surface area contributed by atoms with Crippen molar-refractivity contribution in [2.24, 2.45) is 0 Å². The summed E-state index contributed by atoms with van der Waals surface area (Å²) in [5, 5.41) is 13.5. The lowest BCUT2D eigenvalue weighted by atomic mass is 9.89. The Morgan fingerprint density at radius 2 is 1.96 bits per heavy atom. The summed E-state index contributed by atoms with van der Waals surface area (Å²) in [6.07, 6.45) is 5.71. The Bertz CT molecular complexity index is 672. The van der Waals surface area contributed by atoms with E-state index in [9.17, 15) is 14.7 Å². The van der Waals surface area contributed by atoms with Gasteiger partial charge in [0.15, 0.2) is 0 Å². The van der Waals surface area contributed by atoms with Gasteiger partial charge < -0.3 is 20.2 Å². The summed E-state index contributed by atoms with van der Waals surface area (Å²) < 4.78 is 0. The van der Waals surface area contributed by atoms with Crippen LogP contribution in [0.4, 0.5) is 4.79 Å². The highest BCUT2D eigenvalue weighted by Crippen LogP contribution is 2.33. The number of aromatic hydroxyl groups is 1. The number of piperidine rings is 1. The monoisotopic (exact) mass is 345 g/mol. The highest BCUT2D eigenvalue weighted by molar-refractivity contribution is 5.97. The molecule has 0 saturated carbocycles. The van der Waals surface area contributed by atoms with Crippen LogP contribution in [0.5, 0.6) is 5.75 Å². The minimum Gasteiger partial charge on any atom is -0.507 e. The molecule has 0 bridgehead atoms. The van der Waals surface area contributed by atoms with Crippen molar-refractivity contribution in [3.8, 4) is 5.75 Å². The molecule has 6 nitrogen and oxygen atoms in total. The molecule has 2 N–H and O–H groups in total. The number of nitrogens with zero attached hydrogens (tertiary/aromatic N) is 2. The second-order valence-electron chi connectivity index (χ2n) is 7.24. The molecule has 1 heterocycles. The molecule has 0 spiro atoms. The van der Waals surface area contributed by atoms with Crippen molar-refractivity contribution >= 4 is 11.9 Å². The summed E-state index contributed by atoms with van der Waals surface area (Å²) in [6.45, 7) is 1.14. The van der Waals surface area contributed by atoms with Crippen LogP contribution in [0.15, 0.2) is 12.1 Å². The van der Waals surface area contributed by atoms with Crippen LogP contribution in [0.25, 0.3) is 0 Å². The summed E-state index contributed by atoms with van der Waals surface area (Å²) in [5.74, 6) is 0.0105. The van der Waals surface area contributed by atoms with Crippen molar-refractivity contribution in [2.45, 2.75) is 44.6 Å². The van der Waals surface area contributed by atoms with Gasteiger partial charge in [-0.3, -0.25) is 4.79 Å². The van der Waals surface area contributed by atoms with E-state index in [4.69, 9.17) is 0 Å². The third-order valence-electron chi connectivity index (χ3n) is 5.18. The molecule has 1 aromatic carbocycles. The highest BCUT2D eigenvalue weighted by atomic mass is 16.3. The first kappa shape index (κ1) is 17.6. The number of likely N-dealkylation sites (tertiary alicyclic amines) is 1. The zero-order chi connectivity index (χ0) is 18.0. The predicted octanol–water partition coefficient (Wildman–Crippen LogP) is 2.15. The molecule has 6 heteroatoms. The van der Waals surface area contributed by atoms with E-state index in [0.29, 0.717) is 18.7 Å². The van der Waals surface area contributed by atoms with E-state index in [2.05, 4.69) is 5.32 Å². The lowest BCUT2D eigenvalue weighted by molar-refractivity contribution is 0.0692. The lowest BCUT2D eigenvalue weighted by Gasteiger charge is -2.34. The van der Waals surface area contributed by atoms with Crippen molar-refractivity contribution in [1.29, 1.82) is 0 Å². The largest absolute Gasteiger partial charge is 0.507 e. The van der Waals surface area contributed by atoms with E-state index in [-0.39, 0.29) is 23.7 Å². The molecule has 2 aliphatic rings. The number of carbonyl (C=O) groups is 2. The van der Waals surface area contributed by atoms with Gasteiger partial charge in [-0.1, -0.05) is 6.07 Å². The molecule has 3 rings (SSSR count). The normalized spacial score (nSPS) is 19.9. The first-order valence-corrected chi connectivity index (χ1v) is 9.08. The average Bonchev–Trinajstić information content (AvgIpc) is 2.62. The maximum absolute atomic E-state index is 12.9. The van der Waals surface area contributed by atoms with E-state index < -0.39 is 0 Å². The third-order valence-corrected chi connectivity index (χ3v) is 5.18. The quantitative estimate of drug-likeness (QED) is 0.863. The van der Waals surface area contributed by atoms with Gasteiger partial charge >= 0.3 is 6.03 Å². The Balaban J connectivity index is 1.73. The molecular formula is C19H27N3O3. The van der Waals surface area contributed by atoms with E-state index in [1.165, 1.54) is 4.90 Å². The van der Waals surface area contributed by atoms with E-state index >= 15 is 0 Å². The highest BCUT2D eigenvalue weighted by Gasteiger charge is 2.28. The average molecular weight is 345 g/mol. The van der Waals surface area contributed by atoms with Crippen LogP contribution in [0.1, 0.15) is 47.2 Å². The molecule has 1 fully saturated rings. The molecule has 25 heavy (non-hydrogen) atoms. The number of urea groups is 1. The van der Waals surface area contributed by atoms with Crippen molar-refractivity contribution in [2.75, 3.05) is 27.2 Å². The number of amides is 3. The number of fused-ring (bicyclic) bond motifs is 1. The van der Waals surface area contributed by atoms with Crippen LogP contribution >= 0.6 is 0 Å². The Labute approximate surface area is 148 Å². The van der Waals surface area contributed by atoms with Crippen molar-refractivity contribution in [3.63, 3.8) is 0 Å². The molecule has 1 unspecified atom stereocenters. The number of aryl methyl sites for hydroxylation is 1. The molecule has 1 saturated heterocycles. The van der Waals surface area contributed by atoms with Crippen LogP contribution in [0.2, 0.25) is 0 Å². The van der Waals surface area contributed by atoms with Crippen molar-refractivity contribution < 1.29 is 14.7 Å². The Kier molecular flexibility index (Phi) is 5.16. The number of hydrogen-bond donors (Lipinski definition) is 2. The molecule has 1 aliphatic carbocycles. The maximum Gasteiger partial charge on any atom is 0.317 e. The van der Waals surface area contributed by atoms with Crippen LogP contribution in [-0.2, 0) is 12.8 Å². The number of hydrogen-bond acceptors (Lipinski definition) is 3. The van der Waals surface area contributed by atoms with Gasteiger partial charge in [-0.2, -0.15) is 0 Å². The van der Waals surface area contributed by atoms with Crippen LogP contribution in [-0.4, -0.2) is 60.1 Å². The third kappa shape index (κ3) is 3.72. The summed E-state index contributed by atoms with van der Waals surface area (Å²) >= 11 is 0. The zero-order valence-electron chi connectivity index (χ0n) is 15.0. The fourth-order valence-electron chi connectivity index (χ4n) is 3.73. The molecule has 0 aromatic heterocycles. The lowest BCUT2D eigenvalue weighted by Crippen LogP contribution is -2.51. The van der Waals surface area contributed by atoms with Crippen LogP contribution in [0, 0.1) is 0 Å². The number of nitrogens with one attached hydrogen (secondary N) is 1. The van der Waals surface area contributed by atoms with E-state index in [1.807, 2.05) is 6.07 Å². The second-order valence-corrected chi connectivity index (χ2v) is 7.24. The minimum absolute atomic E-state index is 0.0487.